The average molecular weight is 397 g/mol. The molecule has 1 saturated heterocycles. The van der Waals surface area contributed by atoms with E-state index in [1.807, 2.05) is 6.19 Å². The number of halogens is 1. The number of sulfonamides is 1. The maximum atomic E-state index is 12.7. The molecule has 1 aliphatic carbocycles. The third-order valence-electron chi connectivity index (χ3n) is 4.87. The number of benzene rings is 1. The van der Waals surface area contributed by atoms with Gasteiger partial charge < -0.3 is 10.2 Å². The molecule has 1 aliphatic heterocycles. The number of rotatable bonds is 5. The molecule has 1 aromatic carbocycles. The molecular formula is C17H21ClN4O3S. The zero-order valence-corrected chi connectivity index (χ0v) is 15.8. The zero-order chi connectivity index (χ0) is 18.7. The summed E-state index contributed by atoms with van der Waals surface area (Å²) in [6.45, 7) is 0.861. The number of nitrogens with one attached hydrogen (secondary N) is 2. The summed E-state index contributed by atoms with van der Waals surface area (Å²) < 4.78 is 28.0. The Bertz CT molecular complexity index is 831. The van der Waals surface area contributed by atoms with Gasteiger partial charge in [0, 0.05) is 30.7 Å². The van der Waals surface area contributed by atoms with Crippen molar-refractivity contribution in [1.29, 1.82) is 5.26 Å². The van der Waals surface area contributed by atoms with Crippen LogP contribution in [0.3, 0.4) is 0 Å². The third-order valence-corrected chi connectivity index (χ3v) is 6.87. The summed E-state index contributed by atoms with van der Waals surface area (Å²) in [6, 6.07) is 4.11. The lowest BCUT2D eigenvalue weighted by atomic mass is 10.1. The van der Waals surface area contributed by atoms with Gasteiger partial charge in [0.25, 0.3) is 0 Å². The van der Waals surface area contributed by atoms with Crippen LogP contribution < -0.4 is 10.0 Å². The quantitative estimate of drug-likeness (QED) is 0.743. The molecule has 2 N–H and O–H groups in total. The second-order valence-electron chi connectivity index (χ2n) is 6.77. The highest BCUT2D eigenvalue weighted by atomic mass is 35.5. The van der Waals surface area contributed by atoms with Gasteiger partial charge in [0.2, 0.25) is 15.9 Å². The van der Waals surface area contributed by atoms with Crippen LogP contribution in [-0.4, -0.2) is 38.4 Å². The molecule has 3 rings (SSSR count). The van der Waals surface area contributed by atoms with Gasteiger partial charge in [0.05, 0.1) is 5.02 Å². The second-order valence-corrected chi connectivity index (χ2v) is 8.86. The van der Waals surface area contributed by atoms with Crippen LogP contribution in [0.5, 0.6) is 0 Å². The second kappa shape index (κ2) is 7.82. The van der Waals surface area contributed by atoms with Gasteiger partial charge in [-0.25, -0.2) is 13.1 Å². The lowest BCUT2D eigenvalue weighted by molar-refractivity contribution is -0.119. The van der Waals surface area contributed by atoms with Crippen LogP contribution in [0.2, 0.25) is 5.02 Å². The molecule has 2 aliphatic rings. The largest absolute Gasteiger partial charge is 0.326 e. The topological polar surface area (TPSA) is 102 Å². The number of nitrogens with zero attached hydrogens (tertiary/aromatic N) is 2. The molecule has 1 saturated carbocycles. The SMILES string of the molecule is N#CN1CCC(NS(=O)(=O)c2cc(NC(=O)C3CCCC3)ccc2Cl)C1. The minimum atomic E-state index is -3.85. The summed E-state index contributed by atoms with van der Waals surface area (Å²) >= 11 is 6.09. The van der Waals surface area contributed by atoms with Crippen LogP contribution >= 0.6 is 11.6 Å². The molecule has 140 valence electrons. The van der Waals surface area contributed by atoms with Crippen molar-refractivity contribution in [1.82, 2.24) is 9.62 Å². The van der Waals surface area contributed by atoms with Gasteiger partial charge in [-0.3, -0.25) is 4.79 Å². The summed E-state index contributed by atoms with van der Waals surface area (Å²) in [5.41, 5.74) is 0.414. The number of likely N-dealkylation sites (tertiary alicyclic amines) is 1. The molecule has 1 unspecified atom stereocenters. The van der Waals surface area contributed by atoms with Crippen LogP contribution in [0, 0.1) is 17.4 Å². The molecule has 9 heteroatoms. The number of nitriles is 1. The molecule has 1 amide bonds. The third kappa shape index (κ3) is 4.29. The van der Waals surface area contributed by atoms with E-state index in [9.17, 15) is 13.2 Å². The van der Waals surface area contributed by atoms with Gasteiger partial charge in [-0.15, -0.1) is 0 Å². The number of hydrogen-bond acceptors (Lipinski definition) is 5. The highest BCUT2D eigenvalue weighted by Crippen LogP contribution is 2.29. The van der Waals surface area contributed by atoms with Crippen molar-refractivity contribution in [3.8, 4) is 6.19 Å². The fourth-order valence-corrected chi connectivity index (χ4v) is 5.24. The average Bonchev–Trinajstić information content (AvgIpc) is 3.27. The standard InChI is InChI=1S/C17H21ClN4O3S/c18-15-6-5-13(20-17(23)12-3-1-2-4-12)9-16(15)26(24,25)21-14-7-8-22(10-14)11-19/h5-6,9,12,14,21H,1-4,7-8,10H2,(H,20,23). The Labute approximate surface area is 158 Å². The predicted molar refractivity (Wildman–Crippen MR) is 98.0 cm³/mol. The molecule has 0 aromatic heterocycles. The molecule has 2 fully saturated rings. The van der Waals surface area contributed by atoms with Crippen molar-refractivity contribution in [3.63, 3.8) is 0 Å². The first-order valence-electron chi connectivity index (χ1n) is 8.66. The van der Waals surface area contributed by atoms with Crippen LogP contribution in [0.1, 0.15) is 32.1 Å². The van der Waals surface area contributed by atoms with E-state index in [-0.39, 0.29) is 27.8 Å². The van der Waals surface area contributed by atoms with Gasteiger partial charge in [-0.05, 0) is 37.5 Å². The van der Waals surface area contributed by atoms with Crippen LogP contribution in [-0.2, 0) is 14.8 Å². The number of anilines is 1. The van der Waals surface area contributed by atoms with Gasteiger partial charge >= 0.3 is 0 Å². The van der Waals surface area contributed by atoms with E-state index in [4.69, 9.17) is 16.9 Å². The van der Waals surface area contributed by atoms with E-state index < -0.39 is 10.0 Å². The summed E-state index contributed by atoms with van der Waals surface area (Å²) in [5.74, 6) is -0.0964. The molecule has 1 aromatic rings. The van der Waals surface area contributed by atoms with Crippen molar-refractivity contribution >= 4 is 33.2 Å². The van der Waals surface area contributed by atoms with Crippen molar-refractivity contribution in [3.05, 3.63) is 23.2 Å². The van der Waals surface area contributed by atoms with Crippen LogP contribution in [0.15, 0.2) is 23.1 Å². The summed E-state index contributed by atoms with van der Waals surface area (Å²) in [6.07, 6.45) is 6.39. The van der Waals surface area contributed by atoms with Gasteiger partial charge in [0.1, 0.15) is 4.90 Å². The van der Waals surface area contributed by atoms with Gasteiger partial charge in [-0.2, -0.15) is 5.26 Å². The van der Waals surface area contributed by atoms with E-state index in [0.717, 1.165) is 25.7 Å². The van der Waals surface area contributed by atoms with Crippen molar-refractivity contribution < 1.29 is 13.2 Å². The maximum absolute atomic E-state index is 12.7. The van der Waals surface area contributed by atoms with Gasteiger partial charge in [-0.1, -0.05) is 24.4 Å². The van der Waals surface area contributed by atoms with Crippen molar-refractivity contribution in [2.45, 2.75) is 43.0 Å². The summed E-state index contributed by atoms with van der Waals surface area (Å²) in [5, 5.41) is 11.8. The number of amides is 1. The molecular weight excluding hydrogens is 376 g/mol. The Morgan fingerprint density at radius 2 is 2.00 bits per heavy atom. The Hall–Kier alpha value is -1.82. The first-order valence-corrected chi connectivity index (χ1v) is 10.5. The minimum Gasteiger partial charge on any atom is -0.326 e. The highest BCUT2D eigenvalue weighted by molar-refractivity contribution is 7.89. The minimum absolute atomic E-state index is 0.0145. The maximum Gasteiger partial charge on any atom is 0.242 e. The Kier molecular flexibility index (Phi) is 5.70. The molecule has 7 nitrogen and oxygen atoms in total. The van der Waals surface area contributed by atoms with Crippen LogP contribution in [0.4, 0.5) is 5.69 Å². The number of carbonyl (C=O) groups excluding carboxylic acids is 1. The van der Waals surface area contributed by atoms with Crippen molar-refractivity contribution in [2.24, 2.45) is 5.92 Å². The van der Waals surface area contributed by atoms with E-state index >= 15 is 0 Å². The molecule has 26 heavy (non-hydrogen) atoms. The monoisotopic (exact) mass is 396 g/mol. The molecule has 0 spiro atoms. The zero-order valence-electron chi connectivity index (χ0n) is 14.2. The summed E-state index contributed by atoms with van der Waals surface area (Å²) in [7, 11) is -3.85. The Morgan fingerprint density at radius 1 is 1.27 bits per heavy atom. The highest BCUT2D eigenvalue weighted by Gasteiger charge is 2.29. The fraction of sp³-hybridized carbons (Fsp3) is 0.529. The summed E-state index contributed by atoms with van der Waals surface area (Å²) in [4.78, 5) is 13.7. The van der Waals surface area contributed by atoms with E-state index in [0.29, 0.717) is 25.2 Å². The number of carbonyl (C=O) groups is 1. The number of hydrogen-bond donors (Lipinski definition) is 2. The Balaban J connectivity index is 1.74. The van der Waals surface area contributed by atoms with E-state index in [1.54, 1.807) is 6.07 Å². The van der Waals surface area contributed by atoms with Gasteiger partial charge in [0.15, 0.2) is 6.19 Å². The Morgan fingerprint density at radius 3 is 2.65 bits per heavy atom. The van der Waals surface area contributed by atoms with Crippen LogP contribution in [0.25, 0.3) is 0 Å². The lowest BCUT2D eigenvalue weighted by Crippen LogP contribution is -2.36. The molecule has 0 bridgehead atoms. The molecule has 1 heterocycles. The predicted octanol–water partition coefficient (Wildman–Crippen LogP) is 2.30. The smallest absolute Gasteiger partial charge is 0.242 e. The fourth-order valence-electron chi connectivity index (χ4n) is 3.45. The first-order chi connectivity index (χ1) is 12.4. The van der Waals surface area contributed by atoms with Crippen molar-refractivity contribution in [2.75, 3.05) is 18.4 Å². The van der Waals surface area contributed by atoms with E-state index in [2.05, 4.69) is 10.0 Å². The van der Waals surface area contributed by atoms with E-state index in [1.165, 1.54) is 17.0 Å². The molecule has 0 radical (unpaired) electrons. The normalized spacial score (nSPS) is 20.9. The first kappa shape index (κ1) is 19.0. The molecule has 1 atom stereocenters. The lowest BCUT2D eigenvalue weighted by Gasteiger charge is -2.15.